The van der Waals surface area contributed by atoms with E-state index < -0.39 is 0 Å². The van der Waals surface area contributed by atoms with Crippen molar-refractivity contribution in [2.75, 3.05) is 18.1 Å². The van der Waals surface area contributed by atoms with E-state index in [-0.39, 0.29) is 6.09 Å². The van der Waals surface area contributed by atoms with E-state index in [0.29, 0.717) is 36.6 Å². The summed E-state index contributed by atoms with van der Waals surface area (Å²) in [5, 5.41) is 3.96. The summed E-state index contributed by atoms with van der Waals surface area (Å²) in [6, 6.07) is 3.59. The van der Waals surface area contributed by atoms with Gasteiger partial charge in [0.1, 0.15) is 12.4 Å². The third-order valence-electron chi connectivity index (χ3n) is 3.41. The van der Waals surface area contributed by atoms with E-state index in [1.165, 1.54) is 4.90 Å². The lowest BCUT2D eigenvalue weighted by Gasteiger charge is -2.10. The molecule has 102 valence electrons. The highest BCUT2D eigenvalue weighted by Gasteiger charge is 2.30. The third kappa shape index (κ3) is 1.91. The van der Waals surface area contributed by atoms with Crippen LogP contribution in [0.25, 0.3) is 11.4 Å². The number of rotatable bonds is 3. The molecule has 0 unspecified atom stereocenters. The molecule has 2 aromatic heterocycles. The first kappa shape index (κ1) is 11.4. The van der Waals surface area contributed by atoms with E-state index in [2.05, 4.69) is 15.1 Å². The van der Waals surface area contributed by atoms with Gasteiger partial charge in [-0.15, -0.1) is 0 Å². The van der Waals surface area contributed by atoms with Gasteiger partial charge in [-0.25, -0.2) is 9.78 Å². The summed E-state index contributed by atoms with van der Waals surface area (Å²) in [5.41, 5.74) is 0.775. The van der Waals surface area contributed by atoms with Gasteiger partial charge in [0.2, 0.25) is 11.7 Å². The Bertz CT molecular complexity index is 648. The molecule has 2 fully saturated rings. The minimum Gasteiger partial charge on any atom is -0.447 e. The lowest BCUT2D eigenvalue weighted by atomic mass is 10.2. The minimum absolute atomic E-state index is 0.360. The van der Waals surface area contributed by atoms with Crippen LogP contribution in [0.15, 0.2) is 22.9 Å². The van der Waals surface area contributed by atoms with E-state index >= 15 is 0 Å². The summed E-state index contributed by atoms with van der Waals surface area (Å²) in [6.45, 7) is 0.928. The maximum absolute atomic E-state index is 11.4. The first-order valence-corrected chi connectivity index (χ1v) is 6.55. The van der Waals surface area contributed by atoms with Crippen molar-refractivity contribution in [3.63, 3.8) is 0 Å². The van der Waals surface area contributed by atoms with Crippen molar-refractivity contribution in [2.45, 2.75) is 18.8 Å². The summed E-state index contributed by atoms with van der Waals surface area (Å²) in [5.74, 6) is 2.24. The highest BCUT2D eigenvalue weighted by molar-refractivity contribution is 5.88. The summed E-state index contributed by atoms with van der Waals surface area (Å²) in [4.78, 5) is 21.6. The minimum atomic E-state index is -0.360. The number of anilines is 1. The molecule has 0 radical (unpaired) electrons. The Labute approximate surface area is 114 Å². The lowest BCUT2D eigenvalue weighted by Crippen LogP contribution is -2.24. The van der Waals surface area contributed by atoms with Crippen LogP contribution in [0.3, 0.4) is 0 Å². The SMILES string of the molecule is O=C1OCCN1c1ccc(-c2noc(C3CC3)n2)cn1. The number of hydrogen-bond donors (Lipinski definition) is 0. The molecular formula is C13H12N4O3. The van der Waals surface area contributed by atoms with E-state index in [1.807, 2.05) is 6.07 Å². The third-order valence-corrected chi connectivity index (χ3v) is 3.41. The van der Waals surface area contributed by atoms with Crippen molar-refractivity contribution in [2.24, 2.45) is 0 Å². The number of hydrogen-bond acceptors (Lipinski definition) is 6. The number of ether oxygens (including phenoxy) is 1. The Morgan fingerprint density at radius 3 is 2.85 bits per heavy atom. The number of carbonyl (C=O) groups is 1. The van der Waals surface area contributed by atoms with Gasteiger partial charge in [-0.1, -0.05) is 5.16 Å². The Kier molecular flexibility index (Phi) is 2.45. The zero-order chi connectivity index (χ0) is 13.5. The number of nitrogens with zero attached hydrogens (tertiary/aromatic N) is 4. The molecule has 2 aromatic rings. The number of aromatic nitrogens is 3. The predicted molar refractivity (Wildman–Crippen MR) is 68.2 cm³/mol. The summed E-state index contributed by atoms with van der Waals surface area (Å²) in [6.07, 6.45) is 3.52. The number of carbonyl (C=O) groups excluding carboxylic acids is 1. The number of amides is 1. The van der Waals surface area contributed by atoms with Crippen LogP contribution in [0.5, 0.6) is 0 Å². The van der Waals surface area contributed by atoms with Crippen LogP contribution in [0.2, 0.25) is 0 Å². The van der Waals surface area contributed by atoms with E-state index in [9.17, 15) is 4.79 Å². The lowest BCUT2D eigenvalue weighted by molar-refractivity contribution is 0.181. The highest BCUT2D eigenvalue weighted by Crippen LogP contribution is 2.39. The van der Waals surface area contributed by atoms with Crippen LogP contribution in [0.1, 0.15) is 24.7 Å². The monoisotopic (exact) mass is 272 g/mol. The molecule has 20 heavy (non-hydrogen) atoms. The maximum atomic E-state index is 11.4. The Hall–Kier alpha value is -2.44. The summed E-state index contributed by atoms with van der Waals surface area (Å²) < 4.78 is 10.1. The van der Waals surface area contributed by atoms with Gasteiger partial charge in [0.05, 0.1) is 6.54 Å². The molecule has 7 nitrogen and oxygen atoms in total. The van der Waals surface area contributed by atoms with Crippen LogP contribution in [0, 0.1) is 0 Å². The maximum Gasteiger partial charge on any atom is 0.415 e. The fraction of sp³-hybridized carbons (Fsp3) is 0.385. The molecule has 1 saturated carbocycles. The first-order chi connectivity index (χ1) is 9.81. The smallest absolute Gasteiger partial charge is 0.415 e. The molecular weight excluding hydrogens is 260 g/mol. The van der Waals surface area contributed by atoms with Crippen LogP contribution in [-0.2, 0) is 4.74 Å². The van der Waals surface area contributed by atoms with Crippen molar-refractivity contribution >= 4 is 11.9 Å². The molecule has 1 amide bonds. The highest BCUT2D eigenvalue weighted by atomic mass is 16.6. The largest absolute Gasteiger partial charge is 0.447 e. The van der Waals surface area contributed by atoms with E-state index in [1.54, 1.807) is 12.3 Å². The van der Waals surface area contributed by atoms with Crippen molar-refractivity contribution in [3.05, 3.63) is 24.2 Å². The zero-order valence-corrected chi connectivity index (χ0v) is 10.7. The average Bonchev–Trinajstić information content (AvgIpc) is 3.05. The van der Waals surface area contributed by atoms with Gasteiger partial charge in [0.25, 0.3) is 0 Å². The van der Waals surface area contributed by atoms with E-state index in [0.717, 1.165) is 18.4 Å². The molecule has 0 spiro atoms. The Balaban J connectivity index is 1.58. The second-order valence-electron chi connectivity index (χ2n) is 4.90. The quantitative estimate of drug-likeness (QED) is 0.849. The molecule has 4 rings (SSSR count). The molecule has 1 saturated heterocycles. The molecule has 1 aliphatic heterocycles. The molecule has 2 aliphatic rings. The topological polar surface area (TPSA) is 81.4 Å². The second-order valence-corrected chi connectivity index (χ2v) is 4.90. The number of pyridine rings is 1. The van der Waals surface area contributed by atoms with E-state index in [4.69, 9.17) is 9.26 Å². The van der Waals surface area contributed by atoms with Gasteiger partial charge in [-0.3, -0.25) is 4.90 Å². The average molecular weight is 272 g/mol. The van der Waals surface area contributed by atoms with Crippen molar-refractivity contribution in [3.8, 4) is 11.4 Å². The molecule has 0 bridgehead atoms. The van der Waals surface area contributed by atoms with Crippen LogP contribution >= 0.6 is 0 Å². The fourth-order valence-corrected chi connectivity index (χ4v) is 2.13. The molecule has 0 N–H and O–H groups in total. The van der Waals surface area contributed by atoms with Crippen LogP contribution < -0.4 is 4.90 Å². The summed E-state index contributed by atoms with van der Waals surface area (Å²) >= 11 is 0. The first-order valence-electron chi connectivity index (χ1n) is 6.55. The Morgan fingerprint density at radius 1 is 1.30 bits per heavy atom. The van der Waals surface area contributed by atoms with Crippen molar-refractivity contribution in [1.29, 1.82) is 0 Å². The molecule has 0 aromatic carbocycles. The molecule has 3 heterocycles. The van der Waals surface area contributed by atoms with Gasteiger partial charge < -0.3 is 9.26 Å². The standard InChI is InChI=1S/C13H12N4O3/c18-13-17(5-6-19-13)10-4-3-9(7-14-10)11-15-12(20-16-11)8-1-2-8/h3-4,7-8H,1-2,5-6H2. The van der Waals surface area contributed by atoms with Gasteiger partial charge >= 0.3 is 6.09 Å². The second kappa shape index (κ2) is 4.29. The predicted octanol–water partition coefficient (Wildman–Crippen LogP) is 1.97. The fourth-order valence-electron chi connectivity index (χ4n) is 2.13. The van der Waals surface area contributed by atoms with Gasteiger partial charge in [0.15, 0.2) is 0 Å². The van der Waals surface area contributed by atoms with Crippen molar-refractivity contribution in [1.82, 2.24) is 15.1 Å². The summed E-state index contributed by atoms with van der Waals surface area (Å²) in [7, 11) is 0. The number of cyclic esters (lactones) is 1. The van der Waals surface area contributed by atoms with Crippen LogP contribution in [0.4, 0.5) is 10.6 Å². The van der Waals surface area contributed by atoms with Crippen molar-refractivity contribution < 1.29 is 14.1 Å². The van der Waals surface area contributed by atoms with Crippen LogP contribution in [-0.4, -0.2) is 34.4 Å². The van der Waals surface area contributed by atoms with Gasteiger partial charge in [-0.05, 0) is 25.0 Å². The Morgan fingerprint density at radius 2 is 2.20 bits per heavy atom. The molecule has 0 atom stereocenters. The zero-order valence-electron chi connectivity index (χ0n) is 10.7. The normalized spacial score (nSPS) is 18.4. The van der Waals surface area contributed by atoms with Gasteiger partial charge in [0, 0.05) is 17.7 Å². The molecule has 1 aliphatic carbocycles. The molecule has 7 heteroatoms. The van der Waals surface area contributed by atoms with Gasteiger partial charge in [-0.2, -0.15) is 4.98 Å².